The van der Waals surface area contributed by atoms with Crippen LogP contribution >= 0.6 is 11.6 Å². The van der Waals surface area contributed by atoms with Crippen molar-refractivity contribution in [1.82, 2.24) is 15.1 Å². The highest BCUT2D eigenvalue weighted by Gasteiger charge is 2.26. The molecule has 0 spiro atoms. The number of hydrogen-bond donors (Lipinski definition) is 1. The van der Waals surface area contributed by atoms with Crippen LogP contribution in [0.4, 0.5) is 4.79 Å². The number of benzene rings is 2. The van der Waals surface area contributed by atoms with Gasteiger partial charge in [-0.1, -0.05) is 54.1 Å². The van der Waals surface area contributed by atoms with Gasteiger partial charge in [0.25, 0.3) is 5.91 Å². The maximum Gasteiger partial charge on any atom is 0.409 e. The second kappa shape index (κ2) is 10.8. The van der Waals surface area contributed by atoms with Crippen LogP contribution < -0.4 is 5.32 Å². The first-order chi connectivity index (χ1) is 15.0. The average molecular weight is 444 g/mol. The van der Waals surface area contributed by atoms with Crippen molar-refractivity contribution in [3.05, 3.63) is 70.7 Å². The Kier molecular flexibility index (Phi) is 7.89. The summed E-state index contributed by atoms with van der Waals surface area (Å²) in [4.78, 5) is 41.0. The highest BCUT2D eigenvalue weighted by Crippen LogP contribution is 2.21. The zero-order valence-electron chi connectivity index (χ0n) is 17.4. The third-order valence-corrected chi connectivity index (χ3v) is 5.62. The number of methoxy groups -OCH3 is 1. The van der Waals surface area contributed by atoms with Crippen LogP contribution in [0.2, 0.25) is 5.02 Å². The van der Waals surface area contributed by atoms with Crippen molar-refractivity contribution in [3.8, 4) is 0 Å². The maximum atomic E-state index is 13.1. The Bertz CT molecular complexity index is 922. The summed E-state index contributed by atoms with van der Waals surface area (Å²) >= 11 is 6.17. The Morgan fingerprint density at radius 3 is 2.32 bits per heavy atom. The van der Waals surface area contributed by atoms with Gasteiger partial charge in [0.2, 0.25) is 5.91 Å². The predicted molar refractivity (Wildman–Crippen MR) is 118 cm³/mol. The Balaban J connectivity index is 1.72. The summed E-state index contributed by atoms with van der Waals surface area (Å²) in [5.74, 6) is -0.417. The zero-order chi connectivity index (χ0) is 22.2. The van der Waals surface area contributed by atoms with E-state index in [1.54, 1.807) is 34.1 Å². The molecule has 3 rings (SSSR count). The number of rotatable bonds is 5. The third-order valence-electron chi connectivity index (χ3n) is 5.29. The molecule has 0 aliphatic carbocycles. The highest BCUT2D eigenvalue weighted by molar-refractivity contribution is 6.33. The number of amides is 3. The van der Waals surface area contributed by atoms with E-state index in [9.17, 15) is 14.4 Å². The van der Waals surface area contributed by atoms with Crippen LogP contribution in [0, 0.1) is 0 Å². The van der Waals surface area contributed by atoms with Crippen LogP contribution in [-0.4, -0.2) is 61.0 Å². The fourth-order valence-corrected chi connectivity index (χ4v) is 3.82. The van der Waals surface area contributed by atoms with Gasteiger partial charge >= 0.3 is 6.09 Å². The van der Waals surface area contributed by atoms with Crippen LogP contribution in [0.5, 0.6) is 0 Å². The van der Waals surface area contributed by atoms with Gasteiger partial charge in [-0.05, 0) is 24.1 Å². The van der Waals surface area contributed by atoms with E-state index < -0.39 is 6.04 Å². The Morgan fingerprint density at radius 1 is 0.968 bits per heavy atom. The fourth-order valence-electron chi connectivity index (χ4n) is 3.60. The minimum Gasteiger partial charge on any atom is -0.453 e. The molecule has 1 saturated heterocycles. The monoisotopic (exact) mass is 443 g/mol. The molecule has 8 heteroatoms. The van der Waals surface area contributed by atoms with Crippen LogP contribution in [0.25, 0.3) is 0 Å². The van der Waals surface area contributed by atoms with E-state index in [1.807, 2.05) is 30.3 Å². The molecule has 0 aromatic heterocycles. The van der Waals surface area contributed by atoms with Crippen LogP contribution in [0.3, 0.4) is 0 Å². The summed E-state index contributed by atoms with van der Waals surface area (Å²) < 4.78 is 4.78. The smallest absolute Gasteiger partial charge is 0.409 e. The van der Waals surface area contributed by atoms with Gasteiger partial charge in [-0.25, -0.2) is 4.79 Å². The molecule has 2 aromatic carbocycles. The molecule has 1 N–H and O–H groups in total. The fraction of sp³-hybridized carbons (Fsp3) is 0.348. The van der Waals surface area contributed by atoms with Gasteiger partial charge in [0.1, 0.15) is 0 Å². The maximum absolute atomic E-state index is 13.1. The quantitative estimate of drug-likeness (QED) is 0.767. The molecule has 31 heavy (non-hydrogen) atoms. The topological polar surface area (TPSA) is 79.0 Å². The summed E-state index contributed by atoms with van der Waals surface area (Å²) in [5, 5.41) is 3.31. The van der Waals surface area contributed by atoms with Gasteiger partial charge < -0.3 is 19.9 Å². The number of carbonyl (C=O) groups excluding carboxylic acids is 3. The highest BCUT2D eigenvalue weighted by atomic mass is 35.5. The van der Waals surface area contributed by atoms with Crippen molar-refractivity contribution in [3.63, 3.8) is 0 Å². The number of nitrogens with one attached hydrogen (secondary N) is 1. The Morgan fingerprint density at radius 2 is 1.61 bits per heavy atom. The third kappa shape index (κ3) is 5.98. The molecule has 0 bridgehead atoms. The van der Waals surface area contributed by atoms with Gasteiger partial charge in [-0.3, -0.25) is 9.59 Å². The van der Waals surface area contributed by atoms with E-state index in [0.29, 0.717) is 43.2 Å². The van der Waals surface area contributed by atoms with E-state index in [-0.39, 0.29) is 24.3 Å². The average Bonchev–Trinajstić information content (AvgIpc) is 3.05. The SMILES string of the molecule is COC(=O)N1CCCN(C(=O)CC(NC(=O)c2ccccc2Cl)c2ccccc2)CC1. The molecule has 1 heterocycles. The Hall–Kier alpha value is -3.06. The lowest BCUT2D eigenvalue weighted by Gasteiger charge is -2.25. The molecular weight excluding hydrogens is 418 g/mol. The molecule has 1 unspecified atom stereocenters. The number of hydrogen-bond acceptors (Lipinski definition) is 4. The number of carbonyl (C=O) groups is 3. The van der Waals surface area contributed by atoms with E-state index in [1.165, 1.54) is 7.11 Å². The standard InChI is InChI=1S/C23H26ClN3O4/c1-31-23(30)27-13-7-12-26(14-15-27)21(28)16-20(17-8-3-2-4-9-17)25-22(29)18-10-5-6-11-19(18)24/h2-6,8-11,20H,7,12-16H2,1H3,(H,25,29). The van der Waals surface area contributed by atoms with Gasteiger partial charge in [-0.2, -0.15) is 0 Å². The summed E-state index contributed by atoms with van der Waals surface area (Å²) in [6.45, 7) is 1.93. The van der Waals surface area contributed by atoms with Crippen molar-refractivity contribution in [1.29, 1.82) is 0 Å². The second-order valence-electron chi connectivity index (χ2n) is 7.31. The van der Waals surface area contributed by atoms with Crippen LogP contribution in [0.15, 0.2) is 54.6 Å². The summed E-state index contributed by atoms with van der Waals surface area (Å²) in [5.41, 5.74) is 1.20. The first-order valence-corrected chi connectivity index (χ1v) is 10.6. The molecule has 1 aliphatic rings. The van der Waals surface area contributed by atoms with Crippen LogP contribution in [-0.2, 0) is 9.53 Å². The van der Waals surface area contributed by atoms with Crippen molar-refractivity contribution >= 4 is 29.5 Å². The molecule has 7 nitrogen and oxygen atoms in total. The first-order valence-electron chi connectivity index (χ1n) is 10.2. The normalized spacial score (nSPS) is 15.0. The molecule has 2 aromatic rings. The molecule has 3 amide bonds. The van der Waals surface area contributed by atoms with Crippen molar-refractivity contribution in [2.45, 2.75) is 18.9 Å². The van der Waals surface area contributed by atoms with E-state index in [0.717, 1.165) is 5.56 Å². The molecule has 1 aliphatic heterocycles. The largest absolute Gasteiger partial charge is 0.453 e. The van der Waals surface area contributed by atoms with Gasteiger partial charge in [0, 0.05) is 26.2 Å². The van der Waals surface area contributed by atoms with E-state index in [2.05, 4.69) is 5.32 Å². The first kappa shape index (κ1) is 22.6. The van der Waals surface area contributed by atoms with Crippen LogP contribution in [0.1, 0.15) is 34.8 Å². The second-order valence-corrected chi connectivity index (χ2v) is 7.72. The van der Waals surface area contributed by atoms with Gasteiger partial charge in [0.15, 0.2) is 0 Å². The van der Waals surface area contributed by atoms with Gasteiger partial charge in [0.05, 0.1) is 30.2 Å². The lowest BCUT2D eigenvalue weighted by molar-refractivity contribution is -0.131. The lowest BCUT2D eigenvalue weighted by Crippen LogP contribution is -2.39. The summed E-state index contributed by atoms with van der Waals surface area (Å²) in [7, 11) is 1.35. The zero-order valence-corrected chi connectivity index (χ0v) is 18.2. The number of halogens is 1. The number of nitrogens with zero attached hydrogens (tertiary/aromatic N) is 2. The minimum absolute atomic E-state index is 0.0833. The lowest BCUT2D eigenvalue weighted by atomic mass is 10.0. The van der Waals surface area contributed by atoms with Gasteiger partial charge in [-0.15, -0.1) is 0 Å². The van der Waals surface area contributed by atoms with Crippen molar-refractivity contribution in [2.24, 2.45) is 0 Å². The molecule has 1 atom stereocenters. The van der Waals surface area contributed by atoms with E-state index in [4.69, 9.17) is 16.3 Å². The summed E-state index contributed by atoms with van der Waals surface area (Å²) in [6.07, 6.45) is 0.393. The minimum atomic E-state index is -0.502. The van der Waals surface area contributed by atoms with E-state index >= 15 is 0 Å². The Labute approximate surface area is 186 Å². The molecule has 0 radical (unpaired) electrons. The molecular formula is C23H26ClN3O4. The predicted octanol–water partition coefficient (Wildman–Crippen LogP) is 3.50. The number of ether oxygens (including phenoxy) is 1. The summed E-state index contributed by atoms with van der Waals surface area (Å²) in [6, 6.07) is 15.7. The molecule has 164 valence electrons. The molecule has 0 saturated carbocycles. The van der Waals surface area contributed by atoms with Crippen molar-refractivity contribution in [2.75, 3.05) is 33.3 Å². The molecule has 1 fully saturated rings. The van der Waals surface area contributed by atoms with Crippen molar-refractivity contribution < 1.29 is 19.1 Å².